The number of esters is 1. The number of carbonyl (C=O) groups is 2. The number of carboxylic acid groups (broad SMARTS) is 1. The Labute approximate surface area is 202 Å². The summed E-state index contributed by atoms with van der Waals surface area (Å²) in [6, 6.07) is 6.67. The lowest BCUT2D eigenvalue weighted by molar-refractivity contribution is -0.168. The average molecular weight is 486 g/mol. The number of nitrogens with one attached hydrogen (secondary N) is 1. The number of ether oxygens (including phenoxy) is 1. The zero-order valence-corrected chi connectivity index (χ0v) is 19.8. The molecule has 4 fully saturated rings. The van der Waals surface area contributed by atoms with Gasteiger partial charge in [0.2, 0.25) is 0 Å². The van der Waals surface area contributed by atoms with E-state index in [0.717, 1.165) is 25.7 Å². The van der Waals surface area contributed by atoms with Crippen LogP contribution in [0.15, 0.2) is 35.3 Å². The van der Waals surface area contributed by atoms with Crippen LogP contribution >= 0.6 is 11.6 Å². The summed E-state index contributed by atoms with van der Waals surface area (Å²) in [7, 11) is 0. The standard InChI is InChI=1S/C25H28ClN3O5/c1-2-7-34-24(33)16-3-5-18(6-4-16)28-19-13-27-29(22(30)21(19)26)25-11-14-8-15(12-25)10-17(9-14)20(25)23(31)32/h3-6,13-15,17,20,28H,2,7-12H2,1H3,(H,31,32)/t14-,15-,17?,20-,25?/m0/s1. The van der Waals surface area contributed by atoms with Gasteiger partial charge in [0.1, 0.15) is 5.02 Å². The predicted octanol–water partition coefficient (Wildman–Crippen LogP) is 4.44. The fraction of sp³-hybridized carbons (Fsp3) is 0.520. The molecule has 1 heterocycles. The maximum Gasteiger partial charge on any atom is 0.338 e. The molecule has 0 aliphatic heterocycles. The number of carboxylic acids is 1. The van der Waals surface area contributed by atoms with E-state index in [2.05, 4.69) is 10.4 Å². The molecule has 0 amide bonds. The van der Waals surface area contributed by atoms with E-state index in [4.69, 9.17) is 16.3 Å². The highest BCUT2D eigenvalue weighted by molar-refractivity contribution is 6.33. The molecule has 0 radical (unpaired) electrons. The van der Waals surface area contributed by atoms with Crippen molar-refractivity contribution >= 4 is 34.9 Å². The number of hydrogen-bond donors (Lipinski definition) is 2. The van der Waals surface area contributed by atoms with Crippen molar-refractivity contribution in [1.82, 2.24) is 9.78 Å². The highest BCUT2D eigenvalue weighted by Gasteiger charge is 2.61. The molecule has 3 atom stereocenters. The highest BCUT2D eigenvalue weighted by Crippen LogP contribution is 2.61. The summed E-state index contributed by atoms with van der Waals surface area (Å²) in [5.41, 5.74) is 0.104. The molecule has 1 aromatic carbocycles. The smallest absolute Gasteiger partial charge is 0.338 e. The summed E-state index contributed by atoms with van der Waals surface area (Å²) in [6.07, 6.45) is 6.49. The van der Waals surface area contributed by atoms with E-state index in [1.807, 2.05) is 6.92 Å². The van der Waals surface area contributed by atoms with Crippen molar-refractivity contribution in [2.75, 3.05) is 11.9 Å². The number of rotatable bonds is 7. The molecular formula is C25H28ClN3O5. The third kappa shape index (κ3) is 3.78. The summed E-state index contributed by atoms with van der Waals surface area (Å²) < 4.78 is 6.50. The first-order valence-corrected chi connectivity index (χ1v) is 12.3. The monoisotopic (exact) mass is 485 g/mol. The van der Waals surface area contributed by atoms with Gasteiger partial charge in [-0.05, 0) is 80.5 Å². The van der Waals surface area contributed by atoms with Gasteiger partial charge in [-0.2, -0.15) is 5.10 Å². The van der Waals surface area contributed by atoms with Gasteiger partial charge < -0.3 is 15.2 Å². The number of aromatic nitrogens is 2. The molecule has 9 heteroatoms. The van der Waals surface area contributed by atoms with Crippen LogP contribution in [0.25, 0.3) is 0 Å². The molecule has 0 unspecified atom stereocenters. The van der Waals surface area contributed by atoms with Gasteiger partial charge >= 0.3 is 11.9 Å². The summed E-state index contributed by atoms with van der Waals surface area (Å²) in [6.45, 7) is 2.29. The first-order valence-electron chi connectivity index (χ1n) is 11.9. The average Bonchev–Trinajstić information content (AvgIpc) is 2.80. The van der Waals surface area contributed by atoms with Gasteiger partial charge in [-0.15, -0.1) is 0 Å². The van der Waals surface area contributed by atoms with E-state index in [1.54, 1.807) is 24.3 Å². The van der Waals surface area contributed by atoms with Crippen molar-refractivity contribution in [3.05, 3.63) is 51.4 Å². The van der Waals surface area contributed by atoms with Crippen LogP contribution in [0.5, 0.6) is 0 Å². The summed E-state index contributed by atoms with van der Waals surface area (Å²) in [5, 5.41) is 17.6. The van der Waals surface area contributed by atoms with Crippen LogP contribution in [0, 0.1) is 23.7 Å². The molecule has 0 spiro atoms. The molecule has 4 saturated carbocycles. The van der Waals surface area contributed by atoms with Crippen molar-refractivity contribution in [2.45, 2.75) is 51.0 Å². The number of aliphatic carboxylic acids is 1. The first kappa shape index (κ1) is 22.9. The minimum atomic E-state index is -0.853. The lowest BCUT2D eigenvalue weighted by Gasteiger charge is -2.59. The minimum Gasteiger partial charge on any atom is -0.481 e. The van der Waals surface area contributed by atoms with Gasteiger partial charge in [-0.1, -0.05) is 18.5 Å². The second kappa shape index (κ2) is 8.73. The Hall–Kier alpha value is -2.87. The first-order chi connectivity index (χ1) is 16.3. The van der Waals surface area contributed by atoms with Gasteiger partial charge in [-0.3, -0.25) is 9.59 Å². The van der Waals surface area contributed by atoms with Crippen LogP contribution in [0.4, 0.5) is 11.4 Å². The van der Waals surface area contributed by atoms with Gasteiger partial charge in [0, 0.05) is 5.69 Å². The number of halogens is 1. The predicted molar refractivity (Wildman–Crippen MR) is 126 cm³/mol. The molecule has 6 rings (SSSR count). The molecule has 4 aliphatic rings. The van der Waals surface area contributed by atoms with Gasteiger partial charge in [0.25, 0.3) is 5.56 Å². The van der Waals surface area contributed by atoms with Crippen LogP contribution in [-0.2, 0) is 15.1 Å². The SMILES string of the molecule is CCCOC(=O)c1ccc(Nc2cnn(C34C[C@@H]5CC(C[C@H](C5)C3)[C@H]4C(=O)O)c(=O)c2Cl)cc1. The second-order valence-electron chi connectivity index (χ2n) is 9.95. The van der Waals surface area contributed by atoms with Crippen LogP contribution < -0.4 is 10.9 Å². The van der Waals surface area contributed by atoms with Crippen LogP contribution in [0.1, 0.15) is 55.8 Å². The Bertz CT molecular complexity index is 1160. The molecule has 180 valence electrons. The lowest BCUT2D eigenvalue weighted by atomic mass is 9.48. The molecule has 2 aromatic rings. The normalized spacial score (nSPS) is 29.1. The Morgan fingerprint density at radius 3 is 2.50 bits per heavy atom. The molecule has 8 nitrogen and oxygen atoms in total. The Kier molecular flexibility index (Phi) is 5.88. The molecule has 34 heavy (non-hydrogen) atoms. The van der Waals surface area contributed by atoms with Gasteiger partial charge in [0.15, 0.2) is 0 Å². The zero-order chi connectivity index (χ0) is 24.0. The van der Waals surface area contributed by atoms with Crippen LogP contribution in [0.2, 0.25) is 5.02 Å². The largest absolute Gasteiger partial charge is 0.481 e. The fourth-order valence-corrected chi connectivity index (χ4v) is 6.87. The van der Waals surface area contributed by atoms with Crippen LogP contribution in [0.3, 0.4) is 0 Å². The molecule has 4 bridgehead atoms. The van der Waals surface area contributed by atoms with E-state index in [-0.39, 0.29) is 16.9 Å². The van der Waals surface area contributed by atoms with Crippen molar-refractivity contribution in [3.63, 3.8) is 0 Å². The maximum atomic E-state index is 13.4. The Balaban J connectivity index is 1.42. The van der Waals surface area contributed by atoms with Crippen molar-refractivity contribution in [1.29, 1.82) is 0 Å². The molecule has 4 aliphatic carbocycles. The van der Waals surface area contributed by atoms with E-state index in [1.165, 1.54) is 10.9 Å². The van der Waals surface area contributed by atoms with Gasteiger partial charge in [0.05, 0.1) is 35.5 Å². The third-order valence-electron chi connectivity index (χ3n) is 7.72. The summed E-state index contributed by atoms with van der Waals surface area (Å²) in [5.74, 6) is -0.925. The highest BCUT2D eigenvalue weighted by atomic mass is 35.5. The number of anilines is 2. The fourth-order valence-electron chi connectivity index (χ4n) is 6.69. The lowest BCUT2D eigenvalue weighted by Crippen LogP contribution is -2.63. The summed E-state index contributed by atoms with van der Waals surface area (Å²) in [4.78, 5) is 37.7. The van der Waals surface area contributed by atoms with E-state index in [0.29, 0.717) is 48.2 Å². The molecular weight excluding hydrogens is 458 g/mol. The topological polar surface area (TPSA) is 111 Å². The third-order valence-corrected chi connectivity index (χ3v) is 8.08. The minimum absolute atomic E-state index is 0.0266. The molecule has 2 N–H and O–H groups in total. The quantitative estimate of drug-likeness (QED) is 0.557. The van der Waals surface area contributed by atoms with E-state index < -0.39 is 23.0 Å². The van der Waals surface area contributed by atoms with Crippen LogP contribution in [-0.4, -0.2) is 33.4 Å². The number of carbonyl (C=O) groups excluding carboxylic acids is 1. The van der Waals surface area contributed by atoms with E-state index >= 15 is 0 Å². The van der Waals surface area contributed by atoms with Crippen molar-refractivity contribution in [3.8, 4) is 0 Å². The van der Waals surface area contributed by atoms with E-state index in [9.17, 15) is 19.5 Å². The Morgan fingerprint density at radius 2 is 1.88 bits per heavy atom. The van der Waals surface area contributed by atoms with Gasteiger partial charge in [-0.25, -0.2) is 9.48 Å². The summed E-state index contributed by atoms with van der Waals surface area (Å²) >= 11 is 6.50. The molecule has 1 aromatic heterocycles. The number of nitrogens with zero attached hydrogens (tertiary/aromatic N) is 2. The second-order valence-corrected chi connectivity index (χ2v) is 10.3. The Morgan fingerprint density at radius 1 is 1.21 bits per heavy atom. The molecule has 0 saturated heterocycles. The zero-order valence-electron chi connectivity index (χ0n) is 19.0. The number of benzene rings is 1. The van der Waals surface area contributed by atoms with Crippen molar-refractivity contribution in [2.24, 2.45) is 23.7 Å². The number of hydrogen-bond acceptors (Lipinski definition) is 6. The maximum absolute atomic E-state index is 13.4. The van der Waals surface area contributed by atoms with Crippen molar-refractivity contribution < 1.29 is 19.4 Å².